The fraction of sp³-hybridized carbons (Fsp3) is 0.387. The molecule has 1 aromatic carbocycles. The molecule has 0 radical (unpaired) electrons. The van der Waals surface area contributed by atoms with Gasteiger partial charge in [-0.3, -0.25) is 9.78 Å². The van der Waals surface area contributed by atoms with Gasteiger partial charge in [0.15, 0.2) is 11.4 Å². The van der Waals surface area contributed by atoms with Crippen LogP contribution in [-0.2, 0) is 4.74 Å². The van der Waals surface area contributed by atoms with Crippen molar-refractivity contribution < 1.29 is 14.3 Å². The summed E-state index contributed by atoms with van der Waals surface area (Å²) in [4.78, 5) is 40.1. The molecule has 3 atom stereocenters. The minimum atomic E-state index is -0.128. The number of piperidine rings is 1. The number of nitrogens with zero attached hydrogens (tertiary/aromatic N) is 6. The summed E-state index contributed by atoms with van der Waals surface area (Å²) in [5.74, 6) is 0.197. The number of amides is 2. The van der Waals surface area contributed by atoms with E-state index in [1.54, 1.807) is 10.7 Å². The largest absolute Gasteiger partial charge is 0.383 e. The van der Waals surface area contributed by atoms with Gasteiger partial charge in [-0.2, -0.15) is 9.61 Å². The number of carbonyl (C=O) groups excluding carboxylic acids is 2. The molecule has 2 N–H and O–H groups in total. The van der Waals surface area contributed by atoms with Gasteiger partial charge in [-0.1, -0.05) is 36.4 Å². The van der Waals surface area contributed by atoms with Crippen LogP contribution in [-0.4, -0.2) is 79.6 Å². The van der Waals surface area contributed by atoms with Crippen molar-refractivity contribution in [2.45, 2.75) is 50.6 Å². The number of Topliss-reactive ketones (excluding diaryl/α,β-unsaturated/α-hetero) is 1. The number of ether oxygens (including phenoxy) is 1. The molecule has 0 aliphatic carbocycles. The average Bonchev–Trinajstić information content (AvgIpc) is 3.55. The maximum absolute atomic E-state index is 13.4. The van der Waals surface area contributed by atoms with Crippen LogP contribution in [0.5, 0.6) is 0 Å². The third kappa shape index (κ3) is 4.42. The van der Waals surface area contributed by atoms with Crippen molar-refractivity contribution in [3.63, 3.8) is 0 Å². The fourth-order valence-corrected chi connectivity index (χ4v) is 6.86. The van der Waals surface area contributed by atoms with Gasteiger partial charge in [0.05, 0.1) is 36.4 Å². The van der Waals surface area contributed by atoms with Gasteiger partial charge in [-0.15, -0.1) is 0 Å². The topological polar surface area (TPSA) is 119 Å². The van der Waals surface area contributed by atoms with Crippen LogP contribution in [0.2, 0.25) is 0 Å². The summed E-state index contributed by atoms with van der Waals surface area (Å²) in [5, 5.41) is 4.51. The van der Waals surface area contributed by atoms with Crippen LogP contribution in [0.25, 0.3) is 28.0 Å². The lowest BCUT2D eigenvalue weighted by molar-refractivity contribution is 0.0330. The number of urea groups is 1. The zero-order valence-electron chi connectivity index (χ0n) is 23.1. The van der Waals surface area contributed by atoms with Crippen molar-refractivity contribution in [3.8, 4) is 22.4 Å². The Morgan fingerprint density at radius 1 is 0.951 bits per heavy atom. The molecule has 1 unspecified atom stereocenters. The molecule has 3 aromatic heterocycles. The van der Waals surface area contributed by atoms with E-state index in [9.17, 15) is 9.59 Å². The van der Waals surface area contributed by atoms with Gasteiger partial charge in [-0.25, -0.2) is 9.78 Å². The highest BCUT2D eigenvalue weighted by Gasteiger charge is 2.46. The highest BCUT2D eigenvalue weighted by Crippen LogP contribution is 2.45. The first-order valence-electron chi connectivity index (χ1n) is 14.3. The number of anilines is 1. The van der Waals surface area contributed by atoms with E-state index in [-0.39, 0.29) is 29.8 Å². The summed E-state index contributed by atoms with van der Waals surface area (Å²) in [6, 6.07) is 14.4. The number of pyridine rings is 1. The first-order valence-corrected chi connectivity index (χ1v) is 14.3. The SMILES string of the molecule is CC(=O)c1c(C2C[C@H]3CC[C@@H](C2)N3C(=O)N2CCOCC2)nc2c(-c3ccc(-c4ccccc4)nc3)cnn2c1N. The molecule has 4 aromatic rings. The lowest BCUT2D eigenvalue weighted by Crippen LogP contribution is -2.54. The summed E-state index contributed by atoms with van der Waals surface area (Å²) in [5.41, 5.74) is 12.0. The number of hydrogen-bond donors (Lipinski definition) is 1. The molecule has 10 nitrogen and oxygen atoms in total. The van der Waals surface area contributed by atoms with Gasteiger partial charge >= 0.3 is 6.03 Å². The molecular weight excluding hydrogens is 518 g/mol. The van der Waals surface area contributed by atoms with E-state index in [0.29, 0.717) is 49.0 Å². The zero-order valence-corrected chi connectivity index (χ0v) is 23.1. The van der Waals surface area contributed by atoms with E-state index in [4.69, 9.17) is 15.5 Å². The molecule has 6 heterocycles. The number of fused-ring (bicyclic) bond motifs is 3. The van der Waals surface area contributed by atoms with E-state index in [1.807, 2.05) is 53.6 Å². The van der Waals surface area contributed by atoms with Crippen LogP contribution in [0.1, 0.15) is 54.6 Å². The first-order chi connectivity index (χ1) is 20.0. The minimum absolute atomic E-state index is 0.0220. The number of aromatic nitrogens is 4. The predicted octanol–water partition coefficient (Wildman–Crippen LogP) is 4.41. The van der Waals surface area contributed by atoms with Gasteiger partial charge in [0.25, 0.3) is 0 Å². The number of nitrogens with two attached hydrogens (primary N) is 1. The standard InChI is InChI=1S/C31H33N7O3/c1-19(39)27-28(22-15-23-8-9-24(16-22)37(23)31(40)36-11-13-41-14-12-36)35-30-25(18-34-38(30)29(27)32)21-7-10-26(33-17-21)20-5-3-2-4-6-20/h2-7,10,17-18,22-24H,8-9,11-16,32H2,1H3/t22?,23-,24+. The number of carbonyl (C=O) groups is 2. The summed E-state index contributed by atoms with van der Waals surface area (Å²) in [7, 11) is 0. The second kappa shape index (κ2) is 10.3. The van der Waals surface area contributed by atoms with E-state index < -0.39 is 0 Å². The van der Waals surface area contributed by atoms with Gasteiger partial charge < -0.3 is 20.3 Å². The second-order valence-corrected chi connectivity index (χ2v) is 11.2. The molecule has 0 spiro atoms. The Labute approximate surface area is 238 Å². The smallest absolute Gasteiger partial charge is 0.320 e. The van der Waals surface area contributed by atoms with Gasteiger partial charge in [-0.05, 0) is 38.7 Å². The molecule has 41 heavy (non-hydrogen) atoms. The number of ketones is 1. The Bertz CT molecular complexity index is 1600. The van der Waals surface area contributed by atoms with Crippen molar-refractivity contribution in [2.24, 2.45) is 0 Å². The van der Waals surface area contributed by atoms with Crippen molar-refractivity contribution >= 4 is 23.3 Å². The van der Waals surface area contributed by atoms with Gasteiger partial charge in [0.1, 0.15) is 5.82 Å². The van der Waals surface area contributed by atoms with Crippen LogP contribution < -0.4 is 5.73 Å². The highest BCUT2D eigenvalue weighted by atomic mass is 16.5. The van der Waals surface area contributed by atoms with Crippen LogP contribution in [0.4, 0.5) is 10.6 Å². The predicted molar refractivity (Wildman–Crippen MR) is 154 cm³/mol. The fourth-order valence-electron chi connectivity index (χ4n) is 6.86. The maximum Gasteiger partial charge on any atom is 0.320 e. The summed E-state index contributed by atoms with van der Waals surface area (Å²) >= 11 is 0. The minimum Gasteiger partial charge on any atom is -0.383 e. The molecule has 3 aliphatic heterocycles. The van der Waals surface area contributed by atoms with Crippen molar-refractivity contribution in [1.82, 2.24) is 29.4 Å². The molecule has 3 saturated heterocycles. The molecular formula is C31H33N7O3. The molecule has 10 heteroatoms. The molecule has 0 saturated carbocycles. The van der Waals surface area contributed by atoms with E-state index in [1.165, 1.54) is 6.92 Å². The summed E-state index contributed by atoms with van der Waals surface area (Å²) < 4.78 is 7.01. The molecule has 2 bridgehead atoms. The van der Waals surface area contributed by atoms with Crippen LogP contribution in [0.15, 0.2) is 54.9 Å². The molecule has 210 valence electrons. The first kappa shape index (κ1) is 25.6. The van der Waals surface area contributed by atoms with E-state index in [0.717, 1.165) is 48.1 Å². The van der Waals surface area contributed by atoms with Crippen LogP contribution >= 0.6 is 0 Å². The lowest BCUT2D eigenvalue weighted by Gasteiger charge is -2.42. The summed E-state index contributed by atoms with van der Waals surface area (Å²) in [6.45, 7) is 3.96. The Kier molecular flexibility index (Phi) is 6.42. The Hall–Kier alpha value is -4.31. The maximum atomic E-state index is 13.4. The Morgan fingerprint density at radius 2 is 1.68 bits per heavy atom. The number of benzene rings is 1. The monoisotopic (exact) mass is 551 g/mol. The molecule has 3 aliphatic rings. The highest BCUT2D eigenvalue weighted by molar-refractivity contribution is 6.00. The third-order valence-electron chi connectivity index (χ3n) is 8.83. The van der Waals surface area contributed by atoms with E-state index in [2.05, 4.69) is 15.0 Å². The Morgan fingerprint density at radius 3 is 2.34 bits per heavy atom. The Balaban J connectivity index is 1.23. The molecule has 2 amide bonds. The van der Waals surface area contributed by atoms with Crippen molar-refractivity contribution in [2.75, 3.05) is 32.0 Å². The third-order valence-corrected chi connectivity index (χ3v) is 8.83. The number of morpholine rings is 1. The quantitative estimate of drug-likeness (QED) is 0.373. The molecule has 7 rings (SSSR count). The van der Waals surface area contributed by atoms with Crippen LogP contribution in [0.3, 0.4) is 0 Å². The second-order valence-electron chi connectivity index (χ2n) is 11.2. The molecule has 3 fully saturated rings. The lowest BCUT2D eigenvalue weighted by atomic mass is 9.85. The van der Waals surface area contributed by atoms with Crippen LogP contribution in [0, 0.1) is 0 Å². The van der Waals surface area contributed by atoms with Gasteiger partial charge in [0.2, 0.25) is 0 Å². The normalized spacial score (nSPS) is 22.3. The van der Waals surface area contributed by atoms with E-state index >= 15 is 0 Å². The van der Waals surface area contributed by atoms with Gasteiger partial charge in [0, 0.05) is 54.0 Å². The average molecular weight is 552 g/mol. The number of rotatable bonds is 4. The number of nitrogen functional groups attached to an aromatic ring is 1. The zero-order chi connectivity index (χ0) is 28.1. The summed E-state index contributed by atoms with van der Waals surface area (Å²) in [6.07, 6.45) is 6.99. The van der Waals surface area contributed by atoms with Crippen molar-refractivity contribution in [3.05, 3.63) is 66.1 Å². The van der Waals surface area contributed by atoms with Crippen molar-refractivity contribution in [1.29, 1.82) is 0 Å². The number of hydrogen-bond acceptors (Lipinski definition) is 7.